The number of aromatic nitrogens is 1. The first-order valence-corrected chi connectivity index (χ1v) is 10.1. The number of pyridine rings is 1. The Balaban J connectivity index is 1.30. The number of aliphatic hydroxyl groups is 1. The van der Waals surface area contributed by atoms with Crippen LogP contribution in [0.4, 0.5) is 4.39 Å². The van der Waals surface area contributed by atoms with Gasteiger partial charge in [-0.3, -0.25) is 19.7 Å². The molecule has 2 aromatic rings. The van der Waals surface area contributed by atoms with E-state index >= 15 is 0 Å². The Morgan fingerprint density at radius 2 is 1.86 bits per heavy atom. The third-order valence-electron chi connectivity index (χ3n) is 6.51. The monoisotopic (exact) mass is 382 g/mol. The first-order valence-electron chi connectivity index (χ1n) is 10.1. The molecular formula is C22H27FN4O. The van der Waals surface area contributed by atoms with E-state index in [0.717, 1.165) is 51.3 Å². The van der Waals surface area contributed by atoms with Crippen LogP contribution in [0.5, 0.6) is 0 Å². The van der Waals surface area contributed by atoms with Crippen LogP contribution in [0.1, 0.15) is 17.5 Å². The molecule has 3 fully saturated rings. The Labute approximate surface area is 165 Å². The third-order valence-corrected chi connectivity index (χ3v) is 6.51. The molecule has 2 atom stereocenters. The fourth-order valence-electron chi connectivity index (χ4n) is 5.43. The van der Waals surface area contributed by atoms with Crippen molar-refractivity contribution in [2.45, 2.75) is 37.2 Å². The van der Waals surface area contributed by atoms with E-state index in [1.54, 1.807) is 6.07 Å². The summed E-state index contributed by atoms with van der Waals surface area (Å²) in [4.78, 5) is 11.6. The summed E-state index contributed by atoms with van der Waals surface area (Å²) < 4.78 is 14.0. The minimum Gasteiger partial charge on any atom is -0.392 e. The molecule has 1 aromatic carbocycles. The summed E-state index contributed by atoms with van der Waals surface area (Å²) in [5, 5.41) is 10.3. The van der Waals surface area contributed by atoms with Crippen molar-refractivity contribution in [3.8, 4) is 0 Å². The molecule has 5 rings (SSSR count). The van der Waals surface area contributed by atoms with Gasteiger partial charge >= 0.3 is 0 Å². The van der Waals surface area contributed by atoms with Gasteiger partial charge in [0, 0.05) is 69.8 Å². The Hall–Kier alpha value is -1.86. The van der Waals surface area contributed by atoms with Crippen LogP contribution in [0.25, 0.3) is 0 Å². The molecular weight excluding hydrogens is 355 g/mol. The van der Waals surface area contributed by atoms with E-state index in [2.05, 4.69) is 25.8 Å². The molecule has 3 aliphatic rings. The number of fused-ring (bicyclic) bond motifs is 2. The van der Waals surface area contributed by atoms with Crippen molar-refractivity contribution in [3.05, 3.63) is 65.7 Å². The van der Waals surface area contributed by atoms with Crippen LogP contribution < -0.4 is 0 Å². The maximum absolute atomic E-state index is 14.0. The van der Waals surface area contributed by atoms with Crippen molar-refractivity contribution in [3.63, 3.8) is 0 Å². The van der Waals surface area contributed by atoms with Crippen LogP contribution in [0.15, 0.2) is 48.8 Å². The van der Waals surface area contributed by atoms with Gasteiger partial charge in [-0.2, -0.15) is 0 Å². The molecule has 6 heteroatoms. The predicted octanol–water partition coefficient (Wildman–Crippen LogP) is 1.73. The van der Waals surface area contributed by atoms with E-state index in [9.17, 15) is 9.50 Å². The highest BCUT2D eigenvalue weighted by molar-refractivity contribution is 5.20. The van der Waals surface area contributed by atoms with Crippen molar-refractivity contribution in [2.75, 3.05) is 32.7 Å². The van der Waals surface area contributed by atoms with E-state index in [-0.39, 0.29) is 17.5 Å². The average molecular weight is 382 g/mol. The first-order chi connectivity index (χ1) is 13.6. The molecule has 0 aliphatic carbocycles. The van der Waals surface area contributed by atoms with Gasteiger partial charge in [-0.25, -0.2) is 4.39 Å². The van der Waals surface area contributed by atoms with Gasteiger partial charge in [-0.1, -0.05) is 24.3 Å². The van der Waals surface area contributed by atoms with Crippen molar-refractivity contribution >= 4 is 0 Å². The summed E-state index contributed by atoms with van der Waals surface area (Å²) in [6.07, 6.45) is 4.36. The number of β-amino-alcohol motifs (C(OH)–C–C–N with tert-alkyl or cyclic N) is 1. The highest BCUT2D eigenvalue weighted by Gasteiger charge is 2.55. The second-order valence-corrected chi connectivity index (χ2v) is 8.69. The standard InChI is InChI=1S/C22H27FN4O/c23-21-6-2-1-5-18(21)11-26-15-22(16-26)14-25(10-17-4-3-7-24-9-17)12-19-8-20(28)13-27(19)22/h1-7,9,19-20,28H,8,10-16H2/t19-,20-/m1/s1. The lowest BCUT2D eigenvalue weighted by atomic mass is 9.83. The highest BCUT2D eigenvalue weighted by atomic mass is 19.1. The average Bonchev–Trinajstić information content (AvgIpc) is 3.03. The van der Waals surface area contributed by atoms with Gasteiger partial charge in [0.1, 0.15) is 5.82 Å². The summed E-state index contributed by atoms with van der Waals surface area (Å²) in [6.45, 7) is 6.13. The smallest absolute Gasteiger partial charge is 0.127 e. The number of aliphatic hydroxyl groups excluding tert-OH is 1. The number of benzene rings is 1. The number of piperazine rings is 1. The zero-order valence-corrected chi connectivity index (χ0v) is 16.0. The Kier molecular flexibility index (Phi) is 4.67. The molecule has 148 valence electrons. The van der Waals surface area contributed by atoms with Crippen molar-refractivity contribution in [2.24, 2.45) is 0 Å². The molecule has 0 saturated carbocycles. The summed E-state index contributed by atoms with van der Waals surface area (Å²) >= 11 is 0. The molecule has 3 aliphatic heterocycles. The van der Waals surface area contributed by atoms with E-state index in [1.807, 2.05) is 30.6 Å². The Bertz CT molecular complexity index is 826. The largest absolute Gasteiger partial charge is 0.392 e. The maximum atomic E-state index is 14.0. The minimum atomic E-state index is -0.235. The van der Waals surface area contributed by atoms with Crippen LogP contribution in [-0.4, -0.2) is 75.2 Å². The normalized spacial score (nSPS) is 27.6. The van der Waals surface area contributed by atoms with Crippen molar-refractivity contribution in [1.29, 1.82) is 0 Å². The summed E-state index contributed by atoms with van der Waals surface area (Å²) in [7, 11) is 0. The number of likely N-dealkylation sites (tertiary alicyclic amines) is 1. The molecule has 3 saturated heterocycles. The minimum absolute atomic E-state index is 0.0634. The van der Waals surface area contributed by atoms with Crippen molar-refractivity contribution < 1.29 is 9.50 Å². The van der Waals surface area contributed by atoms with E-state index in [0.29, 0.717) is 12.6 Å². The van der Waals surface area contributed by atoms with Gasteiger partial charge in [0.05, 0.1) is 11.6 Å². The second-order valence-electron chi connectivity index (χ2n) is 8.69. The van der Waals surface area contributed by atoms with Gasteiger partial charge in [-0.15, -0.1) is 0 Å². The fourth-order valence-corrected chi connectivity index (χ4v) is 5.43. The lowest BCUT2D eigenvalue weighted by Gasteiger charge is -2.61. The van der Waals surface area contributed by atoms with E-state index in [4.69, 9.17) is 0 Å². The fraction of sp³-hybridized carbons (Fsp3) is 0.500. The Morgan fingerprint density at radius 3 is 2.64 bits per heavy atom. The second kappa shape index (κ2) is 7.19. The lowest BCUT2D eigenvalue weighted by molar-refractivity contribution is -0.118. The Morgan fingerprint density at radius 1 is 1.04 bits per heavy atom. The van der Waals surface area contributed by atoms with Crippen LogP contribution in [-0.2, 0) is 13.1 Å². The molecule has 0 radical (unpaired) electrons. The molecule has 28 heavy (non-hydrogen) atoms. The number of hydrogen-bond donors (Lipinski definition) is 1. The first kappa shape index (κ1) is 18.2. The van der Waals surface area contributed by atoms with E-state index in [1.165, 1.54) is 11.6 Å². The van der Waals surface area contributed by atoms with Crippen LogP contribution in [0.2, 0.25) is 0 Å². The molecule has 0 bridgehead atoms. The number of rotatable bonds is 4. The van der Waals surface area contributed by atoms with Gasteiger partial charge in [-0.05, 0) is 24.1 Å². The van der Waals surface area contributed by atoms with Gasteiger partial charge < -0.3 is 5.11 Å². The van der Waals surface area contributed by atoms with Crippen LogP contribution in [0, 0.1) is 5.82 Å². The molecule has 1 aromatic heterocycles. The molecule has 1 N–H and O–H groups in total. The topological polar surface area (TPSA) is 42.8 Å². The lowest BCUT2D eigenvalue weighted by Crippen LogP contribution is -2.77. The molecule has 0 unspecified atom stereocenters. The summed E-state index contributed by atoms with van der Waals surface area (Å²) in [5.41, 5.74) is 2.05. The molecule has 4 heterocycles. The number of nitrogens with zero attached hydrogens (tertiary/aromatic N) is 4. The number of halogens is 1. The highest BCUT2D eigenvalue weighted by Crippen LogP contribution is 2.39. The van der Waals surface area contributed by atoms with Crippen molar-refractivity contribution in [1.82, 2.24) is 19.7 Å². The van der Waals surface area contributed by atoms with Gasteiger partial charge in [0.15, 0.2) is 0 Å². The van der Waals surface area contributed by atoms with Crippen LogP contribution in [0.3, 0.4) is 0 Å². The quantitative estimate of drug-likeness (QED) is 0.872. The zero-order valence-electron chi connectivity index (χ0n) is 16.0. The SMILES string of the molecule is O[C@@H]1C[C@@H]2CN(Cc3cccnc3)CC3(CN(Cc4ccccc4F)C3)N2C1. The zero-order chi connectivity index (χ0) is 19.1. The van der Waals surface area contributed by atoms with Gasteiger partial charge in [0.25, 0.3) is 0 Å². The van der Waals surface area contributed by atoms with E-state index < -0.39 is 0 Å². The molecule has 5 nitrogen and oxygen atoms in total. The number of hydrogen-bond acceptors (Lipinski definition) is 5. The van der Waals surface area contributed by atoms with Gasteiger partial charge in [0.2, 0.25) is 0 Å². The summed E-state index contributed by atoms with van der Waals surface area (Å²) in [5.74, 6) is -0.125. The molecule has 1 spiro atoms. The third kappa shape index (κ3) is 3.35. The molecule has 0 amide bonds. The summed E-state index contributed by atoms with van der Waals surface area (Å²) in [6, 6.07) is 11.6. The maximum Gasteiger partial charge on any atom is 0.127 e. The predicted molar refractivity (Wildman–Crippen MR) is 105 cm³/mol. The van der Waals surface area contributed by atoms with Crippen LogP contribution >= 0.6 is 0 Å².